The molecule has 1 N–H and O–H groups in total. The summed E-state index contributed by atoms with van der Waals surface area (Å²) < 4.78 is 21.3. The Kier molecular flexibility index (Phi) is 5.05. The van der Waals surface area contributed by atoms with Crippen LogP contribution in [0.3, 0.4) is 0 Å². The summed E-state index contributed by atoms with van der Waals surface area (Å²) in [4.78, 5) is 38.5. The highest BCUT2D eigenvalue weighted by atomic mass is 19.1. The van der Waals surface area contributed by atoms with Crippen molar-refractivity contribution >= 4 is 22.5 Å². The first-order valence-electron chi connectivity index (χ1n) is 9.25. The first kappa shape index (κ1) is 19.4. The second-order valence-electron chi connectivity index (χ2n) is 6.87. The van der Waals surface area contributed by atoms with E-state index in [1.54, 1.807) is 55.5 Å². The molecule has 2 heterocycles. The lowest BCUT2D eigenvalue weighted by molar-refractivity contribution is -0.116. The Labute approximate surface area is 170 Å². The summed E-state index contributed by atoms with van der Waals surface area (Å²) >= 11 is 0. The molecule has 152 valence electrons. The molecule has 0 atom stereocenters. The number of nitrogens with zero attached hydrogens (tertiary/aromatic N) is 2. The topological polar surface area (TPSA) is 86.2 Å². The molecule has 0 aliphatic heterocycles. The molecule has 0 bridgehead atoms. The number of carbonyl (C=O) groups excluding carboxylic acids is 1. The molecule has 0 spiro atoms. The number of hydrogen-bond acceptors (Lipinski definition) is 4. The molecule has 4 aromatic rings. The van der Waals surface area contributed by atoms with E-state index in [0.717, 1.165) is 4.57 Å². The summed E-state index contributed by atoms with van der Waals surface area (Å²) in [5, 5.41) is 2.89. The maximum Gasteiger partial charge on any atom is 0.332 e. The molecule has 0 saturated heterocycles. The number of hydrogen-bond donors (Lipinski definition) is 1. The maximum atomic E-state index is 13.8. The molecule has 0 unspecified atom stereocenters. The summed E-state index contributed by atoms with van der Waals surface area (Å²) in [6, 6.07) is 14.2. The molecule has 0 radical (unpaired) electrons. The van der Waals surface area contributed by atoms with E-state index in [4.69, 9.17) is 4.42 Å². The van der Waals surface area contributed by atoms with E-state index >= 15 is 0 Å². The molecule has 4 rings (SSSR count). The third kappa shape index (κ3) is 3.67. The van der Waals surface area contributed by atoms with Gasteiger partial charge in [-0.2, -0.15) is 0 Å². The van der Waals surface area contributed by atoms with Crippen LogP contribution in [-0.2, 0) is 17.9 Å². The fourth-order valence-corrected chi connectivity index (χ4v) is 3.24. The number of benzene rings is 2. The van der Waals surface area contributed by atoms with E-state index in [9.17, 15) is 18.8 Å². The van der Waals surface area contributed by atoms with Gasteiger partial charge in [-0.15, -0.1) is 0 Å². The molecule has 0 aliphatic carbocycles. The molecule has 30 heavy (non-hydrogen) atoms. The summed E-state index contributed by atoms with van der Waals surface area (Å²) in [6.07, 6.45) is 1.45. The highest BCUT2D eigenvalue weighted by Crippen LogP contribution is 2.14. The van der Waals surface area contributed by atoms with Crippen molar-refractivity contribution in [1.82, 2.24) is 9.13 Å². The molecule has 0 aliphatic rings. The van der Waals surface area contributed by atoms with Crippen molar-refractivity contribution in [1.29, 1.82) is 0 Å². The number of nitrogens with one attached hydrogen (secondary N) is 1. The highest BCUT2D eigenvalue weighted by Gasteiger charge is 2.16. The average molecular weight is 407 g/mol. The summed E-state index contributed by atoms with van der Waals surface area (Å²) in [7, 11) is 0. The van der Waals surface area contributed by atoms with E-state index < -0.39 is 23.0 Å². The largest absolute Gasteiger partial charge is 0.467 e. The van der Waals surface area contributed by atoms with Crippen molar-refractivity contribution in [2.45, 2.75) is 20.0 Å². The van der Waals surface area contributed by atoms with E-state index in [0.29, 0.717) is 22.2 Å². The van der Waals surface area contributed by atoms with Gasteiger partial charge in [0.2, 0.25) is 5.91 Å². The van der Waals surface area contributed by atoms with Gasteiger partial charge in [0.1, 0.15) is 18.1 Å². The minimum Gasteiger partial charge on any atom is -0.467 e. The van der Waals surface area contributed by atoms with Crippen LogP contribution < -0.4 is 16.6 Å². The smallest absolute Gasteiger partial charge is 0.332 e. The molecular formula is C22H18FN3O4. The minimum absolute atomic E-state index is 0.0553. The van der Waals surface area contributed by atoms with Gasteiger partial charge in [-0.05, 0) is 48.9 Å². The average Bonchev–Trinajstić information content (AvgIpc) is 3.24. The third-order valence-corrected chi connectivity index (χ3v) is 4.78. The Balaban J connectivity index is 1.73. The second kappa shape index (κ2) is 7.82. The highest BCUT2D eigenvalue weighted by molar-refractivity contribution is 5.91. The van der Waals surface area contributed by atoms with Crippen LogP contribution in [0.1, 0.15) is 11.3 Å². The summed E-state index contributed by atoms with van der Waals surface area (Å²) in [5.74, 6) is -0.522. The third-order valence-electron chi connectivity index (χ3n) is 4.78. The Hall–Kier alpha value is -3.94. The Morgan fingerprint density at radius 2 is 1.87 bits per heavy atom. The number of halogens is 1. The number of para-hydroxylation sites is 1. The standard InChI is InChI=1S/C22H18FN3O4/c1-14-8-9-15(11-18(14)23)24-20(27)13-25-19-7-3-2-6-17(19)21(28)26(22(25)29)12-16-5-4-10-30-16/h2-11H,12-13H2,1H3,(H,24,27). The molecule has 1 amide bonds. The quantitative estimate of drug-likeness (QED) is 0.551. The maximum absolute atomic E-state index is 13.8. The zero-order chi connectivity index (χ0) is 21.3. The zero-order valence-corrected chi connectivity index (χ0v) is 16.1. The fourth-order valence-electron chi connectivity index (χ4n) is 3.24. The van der Waals surface area contributed by atoms with Crippen LogP contribution in [0.15, 0.2) is 74.9 Å². The lowest BCUT2D eigenvalue weighted by Crippen LogP contribution is -2.42. The van der Waals surface area contributed by atoms with Gasteiger partial charge < -0.3 is 9.73 Å². The second-order valence-corrected chi connectivity index (χ2v) is 6.87. The molecule has 2 aromatic heterocycles. The van der Waals surface area contributed by atoms with Crippen LogP contribution in [0.4, 0.5) is 10.1 Å². The number of aryl methyl sites for hydroxylation is 1. The lowest BCUT2D eigenvalue weighted by atomic mass is 10.2. The van der Waals surface area contributed by atoms with E-state index in [-0.39, 0.29) is 18.8 Å². The van der Waals surface area contributed by atoms with Gasteiger partial charge in [0.15, 0.2) is 0 Å². The van der Waals surface area contributed by atoms with Crippen molar-refractivity contribution in [2.75, 3.05) is 5.32 Å². The van der Waals surface area contributed by atoms with E-state index in [1.165, 1.54) is 16.9 Å². The minimum atomic E-state index is -0.639. The van der Waals surface area contributed by atoms with Crippen LogP contribution in [0, 0.1) is 12.7 Å². The van der Waals surface area contributed by atoms with Crippen molar-refractivity contribution in [3.05, 3.63) is 98.8 Å². The first-order valence-corrected chi connectivity index (χ1v) is 9.25. The number of carbonyl (C=O) groups is 1. The van der Waals surface area contributed by atoms with Crippen molar-refractivity contribution in [3.63, 3.8) is 0 Å². The van der Waals surface area contributed by atoms with E-state index in [2.05, 4.69) is 5.32 Å². The predicted octanol–water partition coefficient (Wildman–Crippen LogP) is 2.89. The van der Waals surface area contributed by atoms with Gasteiger partial charge in [0.05, 0.1) is 23.7 Å². The number of anilines is 1. The molecule has 7 nitrogen and oxygen atoms in total. The zero-order valence-electron chi connectivity index (χ0n) is 16.1. The normalized spacial score (nSPS) is 11.0. The molecule has 8 heteroatoms. The molecule has 0 fully saturated rings. The summed E-state index contributed by atoms with van der Waals surface area (Å²) in [5.41, 5.74) is -0.0254. The predicted molar refractivity (Wildman–Crippen MR) is 110 cm³/mol. The van der Waals surface area contributed by atoms with Crippen molar-refractivity contribution < 1.29 is 13.6 Å². The van der Waals surface area contributed by atoms with Crippen LogP contribution in [0.2, 0.25) is 0 Å². The number of amides is 1. The van der Waals surface area contributed by atoms with Crippen LogP contribution in [-0.4, -0.2) is 15.0 Å². The Bertz CT molecular complexity index is 1350. The van der Waals surface area contributed by atoms with Gasteiger partial charge in [0.25, 0.3) is 5.56 Å². The van der Waals surface area contributed by atoms with Gasteiger partial charge in [0, 0.05) is 5.69 Å². The van der Waals surface area contributed by atoms with Gasteiger partial charge in [-0.3, -0.25) is 18.7 Å². The Morgan fingerprint density at radius 1 is 1.07 bits per heavy atom. The Morgan fingerprint density at radius 3 is 2.60 bits per heavy atom. The van der Waals surface area contributed by atoms with Gasteiger partial charge >= 0.3 is 5.69 Å². The number of aromatic nitrogens is 2. The molecule has 0 saturated carbocycles. The van der Waals surface area contributed by atoms with E-state index in [1.807, 2.05) is 0 Å². The molecular weight excluding hydrogens is 389 g/mol. The van der Waals surface area contributed by atoms with Gasteiger partial charge in [-0.1, -0.05) is 18.2 Å². The van der Waals surface area contributed by atoms with Crippen LogP contribution in [0.5, 0.6) is 0 Å². The lowest BCUT2D eigenvalue weighted by Gasteiger charge is -2.14. The first-order chi connectivity index (χ1) is 14.4. The fraction of sp³-hybridized carbons (Fsp3) is 0.136. The number of furan rings is 1. The van der Waals surface area contributed by atoms with Crippen LogP contribution in [0.25, 0.3) is 10.9 Å². The van der Waals surface area contributed by atoms with Crippen molar-refractivity contribution in [3.8, 4) is 0 Å². The van der Waals surface area contributed by atoms with Crippen LogP contribution >= 0.6 is 0 Å². The number of rotatable bonds is 5. The summed E-state index contributed by atoms with van der Waals surface area (Å²) in [6.45, 7) is 1.22. The van der Waals surface area contributed by atoms with Gasteiger partial charge in [-0.25, -0.2) is 9.18 Å². The number of fused-ring (bicyclic) bond motifs is 1. The van der Waals surface area contributed by atoms with Crippen molar-refractivity contribution in [2.24, 2.45) is 0 Å². The molecule has 2 aromatic carbocycles. The monoisotopic (exact) mass is 407 g/mol. The SMILES string of the molecule is Cc1ccc(NC(=O)Cn2c(=O)n(Cc3ccco3)c(=O)c3ccccc32)cc1F.